The quantitative estimate of drug-likeness (QED) is 0.227. The first-order valence-corrected chi connectivity index (χ1v) is 8.07. The molecule has 0 rings (SSSR count). The van der Waals surface area contributed by atoms with Gasteiger partial charge in [-0.2, -0.15) is 8.42 Å². The molecule has 0 spiro atoms. The summed E-state index contributed by atoms with van der Waals surface area (Å²) in [5, 5.41) is 0. The second kappa shape index (κ2) is 13.5. The third-order valence-corrected chi connectivity index (χ3v) is 2.89. The molecule has 0 saturated heterocycles. The minimum absolute atomic E-state index is 0. The average Bonchev–Trinajstić information content (AvgIpc) is 2.33. The van der Waals surface area contributed by atoms with E-state index in [1.807, 2.05) is 0 Å². The van der Waals surface area contributed by atoms with E-state index < -0.39 is 28.8 Å². The van der Waals surface area contributed by atoms with Gasteiger partial charge in [-0.3, -0.25) is 14.1 Å². The van der Waals surface area contributed by atoms with Crippen LogP contribution in [0.3, 0.4) is 0 Å². The van der Waals surface area contributed by atoms with Gasteiger partial charge in [0.15, 0.2) is 0 Å². The smallest absolute Gasteiger partial charge is 1.00 e. The van der Waals surface area contributed by atoms with E-state index in [-0.39, 0.29) is 44.0 Å². The number of carbonyl (C=O) groups is 2. The Bertz CT molecular complexity index is 400. The number of hydrogen-bond donors (Lipinski definition) is 1. The Balaban J connectivity index is -0.00000180. The zero-order valence-corrected chi connectivity index (χ0v) is 15.5. The van der Waals surface area contributed by atoms with Gasteiger partial charge >= 0.3 is 51.9 Å². The maximum atomic E-state index is 11.2. The first-order chi connectivity index (χ1) is 9.35. The van der Waals surface area contributed by atoms with Crippen LogP contribution in [0, 0.1) is 0 Å². The van der Waals surface area contributed by atoms with E-state index in [1.54, 1.807) is 0 Å². The maximum Gasteiger partial charge on any atom is 1.00 e. The van der Waals surface area contributed by atoms with Crippen molar-refractivity contribution >= 4 is 22.3 Å². The van der Waals surface area contributed by atoms with E-state index in [0.29, 0.717) is 0 Å². The number of carbonyl (C=O) groups excluding carboxylic acids is 2. The van der Waals surface area contributed by atoms with Crippen LogP contribution in [-0.4, -0.2) is 31.5 Å². The Hall–Kier alpha value is -0.150. The Morgan fingerprint density at radius 1 is 1.00 bits per heavy atom. The SMILES string of the molecule is CCCCCCCCOC(=O)CCC(=O)OS(=O)(=O)O.[H-].[Na+]. The Morgan fingerprint density at radius 2 is 1.52 bits per heavy atom. The molecule has 9 heteroatoms. The molecule has 120 valence electrons. The van der Waals surface area contributed by atoms with Gasteiger partial charge in [0.25, 0.3) is 0 Å². The number of esters is 1. The molecule has 0 aliphatic heterocycles. The van der Waals surface area contributed by atoms with Gasteiger partial charge in [0.1, 0.15) is 0 Å². The Morgan fingerprint density at radius 3 is 2.10 bits per heavy atom. The average molecular weight is 334 g/mol. The third-order valence-electron chi connectivity index (χ3n) is 2.49. The van der Waals surface area contributed by atoms with Crippen LogP contribution in [0.4, 0.5) is 0 Å². The van der Waals surface area contributed by atoms with E-state index in [0.717, 1.165) is 19.3 Å². The third kappa shape index (κ3) is 17.8. The normalized spacial score (nSPS) is 10.6. The summed E-state index contributed by atoms with van der Waals surface area (Å²) in [7, 11) is -4.80. The van der Waals surface area contributed by atoms with E-state index in [1.165, 1.54) is 19.3 Å². The van der Waals surface area contributed by atoms with Gasteiger partial charge in [0, 0.05) is 0 Å². The van der Waals surface area contributed by atoms with Crippen LogP contribution in [0.15, 0.2) is 0 Å². The van der Waals surface area contributed by atoms with Crippen LogP contribution < -0.4 is 29.6 Å². The van der Waals surface area contributed by atoms with Gasteiger partial charge in [0.05, 0.1) is 19.4 Å². The summed E-state index contributed by atoms with van der Waals surface area (Å²) in [5.74, 6) is -1.78. The second-order valence-electron chi connectivity index (χ2n) is 4.37. The summed E-state index contributed by atoms with van der Waals surface area (Å²) < 4.78 is 37.2. The summed E-state index contributed by atoms with van der Waals surface area (Å²) >= 11 is 0. The molecule has 0 atom stereocenters. The van der Waals surface area contributed by atoms with Crippen molar-refractivity contribution in [3.63, 3.8) is 0 Å². The fourth-order valence-electron chi connectivity index (χ4n) is 1.50. The van der Waals surface area contributed by atoms with Crippen molar-refractivity contribution < 1.29 is 62.5 Å². The van der Waals surface area contributed by atoms with E-state index in [9.17, 15) is 18.0 Å². The first kappa shape index (κ1) is 23.1. The predicted molar refractivity (Wildman–Crippen MR) is 72.3 cm³/mol. The van der Waals surface area contributed by atoms with Gasteiger partial charge in [-0.15, -0.1) is 0 Å². The van der Waals surface area contributed by atoms with E-state index in [2.05, 4.69) is 11.1 Å². The number of ether oxygens (including phenoxy) is 1. The standard InChI is InChI=1S/C12H22O7S.Na.H/c1-2-3-4-5-6-7-10-18-11(13)8-9-12(14)19-20(15,16)17;;/h2-10H2,1H3,(H,15,16,17);;/q;+1;-1. The Labute approximate surface area is 149 Å². The minimum atomic E-state index is -4.80. The number of unbranched alkanes of at least 4 members (excludes halogenated alkanes) is 5. The molecule has 0 saturated carbocycles. The summed E-state index contributed by atoms with van der Waals surface area (Å²) in [4.78, 5) is 22.1. The Kier molecular flexibility index (Phi) is 14.9. The molecule has 0 radical (unpaired) electrons. The van der Waals surface area contributed by atoms with Crippen molar-refractivity contribution in [3.05, 3.63) is 0 Å². The molecule has 0 aromatic carbocycles. The molecule has 0 heterocycles. The minimum Gasteiger partial charge on any atom is -1.00 e. The molecule has 0 unspecified atom stereocenters. The van der Waals surface area contributed by atoms with Gasteiger partial charge in [-0.05, 0) is 6.42 Å². The van der Waals surface area contributed by atoms with Crippen LogP contribution in [0.2, 0.25) is 0 Å². The maximum absolute atomic E-state index is 11.2. The van der Waals surface area contributed by atoms with Gasteiger partial charge in [-0.1, -0.05) is 39.0 Å². The van der Waals surface area contributed by atoms with E-state index in [4.69, 9.17) is 9.29 Å². The van der Waals surface area contributed by atoms with Crippen LogP contribution in [0.25, 0.3) is 0 Å². The van der Waals surface area contributed by atoms with Crippen LogP contribution >= 0.6 is 0 Å². The fraction of sp³-hybridized carbons (Fsp3) is 0.833. The molecule has 0 aromatic rings. The molecule has 0 amide bonds. The summed E-state index contributed by atoms with van der Waals surface area (Å²) in [5.41, 5.74) is 0. The molecule has 0 aromatic heterocycles. The van der Waals surface area contributed by atoms with Gasteiger partial charge < -0.3 is 10.3 Å². The number of hydrogen-bond acceptors (Lipinski definition) is 6. The predicted octanol–water partition coefficient (Wildman–Crippen LogP) is -0.867. The van der Waals surface area contributed by atoms with Crippen molar-refractivity contribution in [3.8, 4) is 0 Å². The molecular weight excluding hydrogens is 311 g/mol. The topological polar surface area (TPSA) is 107 Å². The largest absolute Gasteiger partial charge is 1.00 e. The first-order valence-electron chi connectivity index (χ1n) is 6.70. The monoisotopic (exact) mass is 334 g/mol. The second-order valence-corrected chi connectivity index (χ2v) is 5.39. The molecule has 0 bridgehead atoms. The zero-order valence-electron chi connectivity index (χ0n) is 13.7. The van der Waals surface area contributed by atoms with Crippen molar-refractivity contribution in [1.29, 1.82) is 0 Å². The molecule has 0 aliphatic rings. The van der Waals surface area contributed by atoms with Crippen LogP contribution in [-0.2, 0) is 28.9 Å². The summed E-state index contributed by atoms with van der Waals surface area (Å²) in [6.45, 7) is 2.42. The van der Waals surface area contributed by atoms with Crippen molar-refractivity contribution in [2.45, 2.75) is 58.3 Å². The fourth-order valence-corrected chi connectivity index (χ4v) is 1.82. The van der Waals surface area contributed by atoms with E-state index >= 15 is 0 Å². The molecule has 7 nitrogen and oxygen atoms in total. The molecule has 1 N–H and O–H groups in total. The van der Waals surface area contributed by atoms with Crippen molar-refractivity contribution in [2.75, 3.05) is 6.61 Å². The molecule has 0 aliphatic carbocycles. The van der Waals surface area contributed by atoms with Crippen molar-refractivity contribution in [1.82, 2.24) is 0 Å². The summed E-state index contributed by atoms with van der Waals surface area (Å²) in [6.07, 6.45) is 5.69. The molecule has 0 fully saturated rings. The molecular formula is C12H23NaO7S. The van der Waals surface area contributed by atoms with Gasteiger partial charge in [-0.25, -0.2) is 0 Å². The van der Waals surface area contributed by atoms with Gasteiger partial charge in [0.2, 0.25) is 0 Å². The molecule has 21 heavy (non-hydrogen) atoms. The zero-order chi connectivity index (χ0) is 15.4. The number of rotatable bonds is 11. The van der Waals surface area contributed by atoms with Crippen molar-refractivity contribution in [2.24, 2.45) is 0 Å². The summed E-state index contributed by atoms with van der Waals surface area (Å²) in [6, 6.07) is 0. The van der Waals surface area contributed by atoms with Crippen LogP contribution in [0.1, 0.15) is 59.7 Å². The van der Waals surface area contributed by atoms with Crippen LogP contribution in [0.5, 0.6) is 0 Å².